The fraction of sp³-hybridized carbons (Fsp3) is 0.235. The molecule has 1 saturated carbocycles. The van der Waals surface area contributed by atoms with Crippen molar-refractivity contribution < 1.29 is 0 Å². The summed E-state index contributed by atoms with van der Waals surface area (Å²) in [4.78, 5) is 12.2. The third-order valence-electron chi connectivity index (χ3n) is 4.10. The van der Waals surface area contributed by atoms with Crippen molar-refractivity contribution in [2.75, 3.05) is 5.75 Å². The minimum atomic E-state index is -0.283. The van der Waals surface area contributed by atoms with Gasteiger partial charge < -0.3 is 0 Å². The molecule has 2 aromatic carbocycles. The van der Waals surface area contributed by atoms with Crippen LogP contribution in [0.1, 0.15) is 24.3 Å². The number of nitrogens with zero attached hydrogens (tertiary/aromatic N) is 3. The summed E-state index contributed by atoms with van der Waals surface area (Å²) in [5.41, 5.74) is 1.88. The Hall–Kier alpha value is -2.52. The fourth-order valence-electron chi connectivity index (χ4n) is 2.94. The summed E-state index contributed by atoms with van der Waals surface area (Å²) in [5, 5.41) is 18.1. The molecule has 0 saturated heterocycles. The molecule has 114 valence electrons. The van der Waals surface area contributed by atoms with E-state index in [2.05, 4.69) is 28.4 Å². The van der Waals surface area contributed by atoms with E-state index in [0.717, 1.165) is 11.1 Å². The molecule has 23 heavy (non-hydrogen) atoms. The summed E-state index contributed by atoms with van der Waals surface area (Å²) in [5.74, 6) is 0.894. The smallest absolute Gasteiger partial charge is 0.246 e. The zero-order chi connectivity index (χ0) is 15.8. The number of hydrogen-bond donors (Lipinski definition) is 1. The van der Waals surface area contributed by atoms with Gasteiger partial charge in [-0.2, -0.15) is 5.26 Å². The van der Waals surface area contributed by atoms with E-state index >= 15 is 0 Å². The van der Waals surface area contributed by atoms with Crippen molar-refractivity contribution in [3.05, 3.63) is 52.4 Å². The average Bonchev–Trinajstić information content (AvgIpc) is 3.36. The normalized spacial score (nSPS) is 14.0. The van der Waals surface area contributed by atoms with Crippen molar-refractivity contribution in [2.24, 2.45) is 0 Å². The van der Waals surface area contributed by atoms with Gasteiger partial charge in [0.15, 0.2) is 5.16 Å². The van der Waals surface area contributed by atoms with Crippen molar-refractivity contribution in [3.8, 4) is 11.8 Å². The van der Waals surface area contributed by atoms with Gasteiger partial charge in [0.2, 0.25) is 0 Å². The van der Waals surface area contributed by atoms with Crippen LogP contribution in [0.5, 0.6) is 0 Å². The standard InChI is InChI=1S/C17H14N4OS/c18-9-10-23-17-20-19-16(22)21(17)15-8-7-12(11-5-6-11)13-3-1-2-4-14(13)15/h1-4,7-8,11H,5-6,10H2,(H,19,22). The Morgan fingerprint density at radius 3 is 2.78 bits per heavy atom. The second-order valence-electron chi connectivity index (χ2n) is 5.59. The van der Waals surface area contributed by atoms with E-state index in [-0.39, 0.29) is 11.4 Å². The first kappa shape index (κ1) is 14.1. The van der Waals surface area contributed by atoms with Gasteiger partial charge in [0.25, 0.3) is 0 Å². The molecule has 3 aromatic rings. The summed E-state index contributed by atoms with van der Waals surface area (Å²) in [6, 6.07) is 14.3. The molecule has 0 unspecified atom stereocenters. The lowest BCUT2D eigenvalue weighted by molar-refractivity contribution is 0.877. The van der Waals surface area contributed by atoms with Crippen molar-refractivity contribution in [2.45, 2.75) is 23.9 Å². The van der Waals surface area contributed by atoms with Crippen LogP contribution >= 0.6 is 11.8 Å². The molecular weight excluding hydrogens is 308 g/mol. The van der Waals surface area contributed by atoms with Crippen molar-refractivity contribution in [1.82, 2.24) is 14.8 Å². The third kappa shape index (κ3) is 2.43. The third-order valence-corrected chi connectivity index (χ3v) is 4.91. The van der Waals surface area contributed by atoms with E-state index in [1.165, 1.54) is 35.6 Å². The monoisotopic (exact) mass is 322 g/mol. The number of H-pyrrole nitrogens is 1. The largest absolute Gasteiger partial charge is 0.348 e. The van der Waals surface area contributed by atoms with E-state index in [0.29, 0.717) is 11.1 Å². The maximum atomic E-state index is 12.2. The molecule has 1 aliphatic carbocycles. The first-order valence-corrected chi connectivity index (χ1v) is 8.47. The summed E-state index contributed by atoms with van der Waals surface area (Å²) >= 11 is 1.25. The fourth-order valence-corrected chi connectivity index (χ4v) is 3.55. The van der Waals surface area contributed by atoms with Crippen LogP contribution in [0.15, 0.2) is 46.3 Å². The number of hydrogen-bond acceptors (Lipinski definition) is 4. The first-order chi connectivity index (χ1) is 11.3. The quantitative estimate of drug-likeness (QED) is 0.749. The van der Waals surface area contributed by atoms with Crippen LogP contribution in [0.3, 0.4) is 0 Å². The highest BCUT2D eigenvalue weighted by atomic mass is 32.2. The van der Waals surface area contributed by atoms with Crippen LogP contribution in [0.2, 0.25) is 0 Å². The van der Waals surface area contributed by atoms with Gasteiger partial charge in [-0.3, -0.25) is 0 Å². The van der Waals surface area contributed by atoms with Gasteiger partial charge in [0, 0.05) is 5.39 Å². The molecule has 0 amide bonds. The molecule has 0 aliphatic heterocycles. The molecule has 5 nitrogen and oxygen atoms in total. The maximum Gasteiger partial charge on any atom is 0.348 e. The van der Waals surface area contributed by atoms with E-state index in [4.69, 9.17) is 5.26 Å². The van der Waals surface area contributed by atoms with Gasteiger partial charge in [-0.15, -0.1) is 5.10 Å². The van der Waals surface area contributed by atoms with Crippen LogP contribution in [0, 0.1) is 11.3 Å². The Bertz CT molecular complexity index is 978. The SMILES string of the molecule is N#CCSc1n[nH]c(=O)n1-c1ccc(C2CC2)c2ccccc12. The second kappa shape index (κ2) is 5.60. The highest BCUT2D eigenvalue weighted by molar-refractivity contribution is 7.99. The van der Waals surface area contributed by atoms with Gasteiger partial charge >= 0.3 is 5.69 Å². The zero-order valence-corrected chi connectivity index (χ0v) is 13.1. The number of fused-ring (bicyclic) bond motifs is 1. The van der Waals surface area contributed by atoms with Gasteiger partial charge in [0.05, 0.1) is 17.5 Å². The molecule has 1 heterocycles. The lowest BCUT2D eigenvalue weighted by Gasteiger charge is -2.12. The summed E-state index contributed by atoms with van der Waals surface area (Å²) in [6.07, 6.45) is 2.47. The predicted molar refractivity (Wildman–Crippen MR) is 90.0 cm³/mol. The number of benzene rings is 2. The Labute approximate surface area is 136 Å². The predicted octanol–water partition coefficient (Wildman–Crippen LogP) is 3.21. The maximum absolute atomic E-state index is 12.2. The lowest BCUT2D eigenvalue weighted by Crippen LogP contribution is -2.16. The Morgan fingerprint density at radius 2 is 2.04 bits per heavy atom. The van der Waals surface area contributed by atoms with Gasteiger partial charge in [-0.1, -0.05) is 42.1 Å². The lowest BCUT2D eigenvalue weighted by atomic mass is 9.99. The summed E-state index contributed by atoms with van der Waals surface area (Å²) in [7, 11) is 0. The van der Waals surface area contributed by atoms with Crippen LogP contribution in [0.25, 0.3) is 16.5 Å². The van der Waals surface area contributed by atoms with E-state index < -0.39 is 0 Å². The number of thioether (sulfide) groups is 1. The van der Waals surface area contributed by atoms with Crippen LogP contribution in [-0.4, -0.2) is 20.5 Å². The van der Waals surface area contributed by atoms with Gasteiger partial charge in [0.1, 0.15) is 0 Å². The molecule has 0 bridgehead atoms. The number of aromatic amines is 1. The van der Waals surface area contributed by atoms with E-state index in [1.807, 2.05) is 24.3 Å². The minimum absolute atomic E-state index is 0.252. The van der Waals surface area contributed by atoms with E-state index in [9.17, 15) is 4.79 Å². The second-order valence-corrected chi connectivity index (χ2v) is 6.53. The highest BCUT2D eigenvalue weighted by Crippen LogP contribution is 2.44. The molecule has 1 aliphatic rings. The first-order valence-electron chi connectivity index (χ1n) is 7.49. The molecule has 0 spiro atoms. The average molecular weight is 322 g/mol. The number of aromatic nitrogens is 3. The molecule has 6 heteroatoms. The van der Waals surface area contributed by atoms with Crippen molar-refractivity contribution in [3.63, 3.8) is 0 Å². The number of rotatable bonds is 4. The number of nitrogens with one attached hydrogen (secondary N) is 1. The summed E-state index contributed by atoms with van der Waals surface area (Å²) in [6.45, 7) is 0. The Morgan fingerprint density at radius 1 is 1.26 bits per heavy atom. The molecule has 0 radical (unpaired) electrons. The molecule has 1 fully saturated rings. The minimum Gasteiger partial charge on any atom is -0.246 e. The Kier molecular flexibility index (Phi) is 3.43. The van der Waals surface area contributed by atoms with Gasteiger partial charge in [-0.25, -0.2) is 14.5 Å². The van der Waals surface area contributed by atoms with Crippen molar-refractivity contribution >= 4 is 22.5 Å². The summed E-state index contributed by atoms with van der Waals surface area (Å²) < 4.78 is 1.56. The molecular formula is C17H14N4OS. The highest BCUT2D eigenvalue weighted by Gasteiger charge is 2.26. The molecule has 4 rings (SSSR count). The van der Waals surface area contributed by atoms with Crippen LogP contribution < -0.4 is 5.69 Å². The van der Waals surface area contributed by atoms with Crippen molar-refractivity contribution in [1.29, 1.82) is 5.26 Å². The molecule has 0 atom stereocenters. The molecule has 1 aromatic heterocycles. The van der Waals surface area contributed by atoms with Crippen LogP contribution in [0.4, 0.5) is 0 Å². The topological polar surface area (TPSA) is 74.5 Å². The zero-order valence-electron chi connectivity index (χ0n) is 12.3. The van der Waals surface area contributed by atoms with Gasteiger partial charge in [-0.05, 0) is 35.8 Å². The number of nitriles is 1. The van der Waals surface area contributed by atoms with Crippen LogP contribution in [-0.2, 0) is 0 Å². The Balaban J connectivity index is 1.94. The van der Waals surface area contributed by atoms with E-state index in [1.54, 1.807) is 4.57 Å². The molecule has 1 N–H and O–H groups in total.